The van der Waals surface area contributed by atoms with Crippen molar-refractivity contribution in [1.29, 1.82) is 0 Å². The molecule has 1 saturated heterocycles. The van der Waals surface area contributed by atoms with Gasteiger partial charge in [-0.3, -0.25) is 4.79 Å². The number of ether oxygens (including phenoxy) is 1. The number of hydrogen-bond acceptors (Lipinski definition) is 4. The molecule has 29 heavy (non-hydrogen) atoms. The van der Waals surface area contributed by atoms with E-state index >= 15 is 0 Å². The molecule has 1 aliphatic heterocycles. The van der Waals surface area contributed by atoms with Crippen molar-refractivity contribution >= 4 is 11.0 Å². The van der Waals surface area contributed by atoms with Crippen molar-refractivity contribution in [2.24, 2.45) is 0 Å². The number of aryl methyl sites for hydroxylation is 1. The van der Waals surface area contributed by atoms with Crippen molar-refractivity contribution in [3.05, 3.63) is 57.9 Å². The van der Waals surface area contributed by atoms with Gasteiger partial charge in [0.05, 0.1) is 36.2 Å². The van der Waals surface area contributed by atoms with Gasteiger partial charge in [0.15, 0.2) is 5.58 Å². The molecule has 5 nitrogen and oxygen atoms in total. The molecule has 0 aliphatic carbocycles. The molecule has 1 aliphatic rings. The molecule has 5 heteroatoms. The number of piperidine rings is 1. The van der Waals surface area contributed by atoms with E-state index in [0.29, 0.717) is 34.9 Å². The Kier molecular flexibility index (Phi) is 5.33. The van der Waals surface area contributed by atoms with Crippen LogP contribution in [-0.2, 0) is 6.54 Å². The smallest absolute Gasteiger partial charge is 0.200 e. The highest BCUT2D eigenvalue weighted by Gasteiger charge is 2.26. The molecule has 4 rings (SSSR count). The Morgan fingerprint density at radius 3 is 2.62 bits per heavy atom. The number of quaternary nitrogens is 1. The summed E-state index contributed by atoms with van der Waals surface area (Å²) < 4.78 is 11.4. The molecule has 2 heterocycles. The van der Waals surface area contributed by atoms with E-state index < -0.39 is 0 Å². The molecule has 0 radical (unpaired) electrons. The highest BCUT2D eigenvalue weighted by molar-refractivity contribution is 5.86. The maximum absolute atomic E-state index is 13.3. The molecular formula is C24H28NO4+. The Hall–Kier alpha value is -2.79. The van der Waals surface area contributed by atoms with E-state index in [9.17, 15) is 9.90 Å². The fraction of sp³-hybridized carbons (Fsp3) is 0.375. The predicted octanol–water partition coefficient (Wildman–Crippen LogP) is 3.44. The monoisotopic (exact) mass is 394 g/mol. The normalized spacial score (nSPS) is 19.4. The van der Waals surface area contributed by atoms with Crippen molar-refractivity contribution < 1.29 is 19.2 Å². The van der Waals surface area contributed by atoms with Gasteiger partial charge in [-0.2, -0.15) is 0 Å². The summed E-state index contributed by atoms with van der Waals surface area (Å²) in [6, 6.07) is 11.2. The number of likely N-dealkylation sites (tertiary alicyclic amines) is 1. The Labute approximate surface area is 170 Å². The number of fused-ring (bicyclic) bond motifs is 1. The lowest BCUT2D eigenvalue weighted by Gasteiger charge is -2.30. The first-order valence-electron chi connectivity index (χ1n) is 10.3. The summed E-state index contributed by atoms with van der Waals surface area (Å²) in [6.45, 7) is 5.79. The van der Waals surface area contributed by atoms with Crippen LogP contribution in [0, 0.1) is 6.92 Å². The van der Waals surface area contributed by atoms with Crippen molar-refractivity contribution in [1.82, 2.24) is 0 Å². The molecule has 152 valence electrons. The molecule has 3 aromatic rings. The highest BCUT2D eigenvalue weighted by atomic mass is 16.5. The maximum atomic E-state index is 13.3. The Balaban J connectivity index is 1.83. The number of hydrogen-bond donors (Lipinski definition) is 2. The zero-order valence-electron chi connectivity index (χ0n) is 17.2. The van der Waals surface area contributed by atoms with Crippen molar-refractivity contribution in [3.63, 3.8) is 0 Å². The largest absolute Gasteiger partial charge is 0.507 e. The Morgan fingerprint density at radius 2 is 1.93 bits per heavy atom. The van der Waals surface area contributed by atoms with Crippen LogP contribution in [0.2, 0.25) is 0 Å². The third-order valence-corrected chi connectivity index (χ3v) is 6.18. The van der Waals surface area contributed by atoms with Gasteiger partial charge in [0.2, 0.25) is 5.43 Å². The number of aromatic hydroxyl groups is 1. The Morgan fingerprint density at radius 1 is 1.17 bits per heavy atom. The maximum Gasteiger partial charge on any atom is 0.200 e. The highest BCUT2D eigenvalue weighted by Crippen LogP contribution is 2.30. The summed E-state index contributed by atoms with van der Waals surface area (Å²) in [4.78, 5) is 14.8. The SMILES string of the molecule is COc1ccc(-c2c(C)oc3c(C[NH+]4CCCC[C@@H]4C)c(O)ccc3c2=O)cc1. The summed E-state index contributed by atoms with van der Waals surface area (Å²) in [7, 11) is 1.61. The number of benzene rings is 2. The summed E-state index contributed by atoms with van der Waals surface area (Å²) in [5, 5.41) is 11.1. The first-order valence-corrected chi connectivity index (χ1v) is 10.3. The second-order valence-corrected chi connectivity index (χ2v) is 8.01. The van der Waals surface area contributed by atoms with Crippen LogP contribution in [-0.4, -0.2) is 24.8 Å². The van der Waals surface area contributed by atoms with E-state index in [1.54, 1.807) is 19.2 Å². The summed E-state index contributed by atoms with van der Waals surface area (Å²) in [6.07, 6.45) is 3.63. The van der Waals surface area contributed by atoms with E-state index in [4.69, 9.17) is 9.15 Å². The van der Waals surface area contributed by atoms with Crippen molar-refractivity contribution in [3.8, 4) is 22.6 Å². The van der Waals surface area contributed by atoms with Gasteiger partial charge in [0, 0.05) is 0 Å². The molecular weight excluding hydrogens is 366 g/mol. The van der Waals surface area contributed by atoms with Gasteiger partial charge in [-0.05, 0) is 62.9 Å². The van der Waals surface area contributed by atoms with Gasteiger partial charge in [-0.15, -0.1) is 0 Å². The zero-order chi connectivity index (χ0) is 20.5. The van der Waals surface area contributed by atoms with E-state index in [0.717, 1.165) is 23.4 Å². The van der Waals surface area contributed by atoms with Crippen LogP contribution < -0.4 is 15.1 Å². The first kappa shape index (κ1) is 19.5. The lowest BCUT2D eigenvalue weighted by molar-refractivity contribution is -0.941. The standard InChI is InChI=1S/C24H27NO4/c1-15-6-4-5-13-25(15)14-20-21(26)12-11-19-23(27)22(16(2)29-24(19)20)17-7-9-18(28-3)10-8-17/h7-12,15,26H,4-6,13-14H2,1-3H3/p+1/t15-/m0/s1. The van der Waals surface area contributed by atoms with Crippen LogP contribution in [0.25, 0.3) is 22.1 Å². The Bertz CT molecular complexity index is 1080. The third kappa shape index (κ3) is 3.62. The number of nitrogens with one attached hydrogen (secondary N) is 1. The van der Waals surface area contributed by atoms with Crippen molar-refractivity contribution in [2.45, 2.75) is 45.7 Å². The second kappa shape index (κ2) is 7.91. The van der Waals surface area contributed by atoms with Crippen LogP contribution in [0.4, 0.5) is 0 Å². The molecule has 1 unspecified atom stereocenters. The molecule has 2 atom stereocenters. The molecule has 1 fully saturated rings. The molecule has 0 spiro atoms. The van der Waals surface area contributed by atoms with Gasteiger partial charge >= 0.3 is 0 Å². The van der Waals surface area contributed by atoms with E-state index in [2.05, 4.69) is 6.92 Å². The predicted molar refractivity (Wildman–Crippen MR) is 114 cm³/mol. The molecule has 0 amide bonds. The van der Waals surface area contributed by atoms with Crippen LogP contribution in [0.3, 0.4) is 0 Å². The summed E-state index contributed by atoms with van der Waals surface area (Å²) >= 11 is 0. The van der Waals surface area contributed by atoms with Crippen LogP contribution in [0.15, 0.2) is 45.6 Å². The minimum Gasteiger partial charge on any atom is -0.507 e. The first-order chi connectivity index (χ1) is 14.0. The van der Waals surface area contributed by atoms with Gasteiger partial charge in [-0.25, -0.2) is 0 Å². The van der Waals surface area contributed by atoms with E-state index in [-0.39, 0.29) is 11.2 Å². The zero-order valence-corrected chi connectivity index (χ0v) is 17.2. The third-order valence-electron chi connectivity index (χ3n) is 6.18. The molecule has 1 aromatic heterocycles. The average molecular weight is 394 g/mol. The summed E-state index contributed by atoms with van der Waals surface area (Å²) in [5.41, 5.74) is 2.51. The van der Waals surface area contributed by atoms with Gasteiger partial charge in [0.25, 0.3) is 0 Å². The minimum atomic E-state index is -0.0724. The van der Waals surface area contributed by atoms with Gasteiger partial charge < -0.3 is 19.2 Å². The minimum absolute atomic E-state index is 0.0724. The molecule has 0 saturated carbocycles. The molecule has 2 N–H and O–H groups in total. The average Bonchev–Trinajstić information content (AvgIpc) is 2.72. The molecule has 2 aromatic carbocycles. The second-order valence-electron chi connectivity index (χ2n) is 8.01. The van der Waals surface area contributed by atoms with Crippen LogP contribution in [0.1, 0.15) is 37.5 Å². The number of phenolic OH excluding ortho intramolecular Hbond substituents is 1. The van der Waals surface area contributed by atoms with Gasteiger partial charge in [0.1, 0.15) is 23.8 Å². The van der Waals surface area contributed by atoms with Gasteiger partial charge in [-0.1, -0.05) is 12.1 Å². The number of methoxy groups -OCH3 is 1. The lowest BCUT2D eigenvalue weighted by atomic mass is 9.99. The number of rotatable bonds is 4. The fourth-order valence-electron chi connectivity index (χ4n) is 4.42. The fourth-order valence-corrected chi connectivity index (χ4v) is 4.42. The van der Waals surface area contributed by atoms with Crippen LogP contribution in [0.5, 0.6) is 11.5 Å². The summed E-state index contributed by atoms with van der Waals surface area (Å²) in [5.74, 6) is 1.49. The van der Waals surface area contributed by atoms with Crippen LogP contribution >= 0.6 is 0 Å². The lowest BCUT2D eigenvalue weighted by Crippen LogP contribution is -3.14. The quantitative estimate of drug-likeness (QED) is 0.712. The topological polar surface area (TPSA) is 64.1 Å². The number of phenols is 1. The van der Waals surface area contributed by atoms with Crippen molar-refractivity contribution in [2.75, 3.05) is 13.7 Å². The van der Waals surface area contributed by atoms with E-state index in [1.165, 1.54) is 24.2 Å². The molecule has 0 bridgehead atoms. The van der Waals surface area contributed by atoms with E-state index in [1.807, 2.05) is 31.2 Å².